The molecule has 3 aromatic rings. The van der Waals surface area contributed by atoms with E-state index in [0.717, 1.165) is 62.0 Å². The molecule has 0 unspecified atom stereocenters. The molecular formula is C27H29F3N4NaO2. The third kappa shape index (κ3) is 8.20. The minimum atomic E-state index is -4.32. The summed E-state index contributed by atoms with van der Waals surface area (Å²) in [7, 11) is 0. The number of aromatic carboxylic acids is 1. The Bertz CT molecular complexity index is 1170. The van der Waals surface area contributed by atoms with E-state index >= 15 is 0 Å². The number of rotatable bonds is 9. The van der Waals surface area contributed by atoms with Crippen molar-refractivity contribution in [3.63, 3.8) is 0 Å². The molecule has 1 fully saturated rings. The third-order valence-corrected chi connectivity index (χ3v) is 6.34. The Balaban J connectivity index is 0.00000380. The van der Waals surface area contributed by atoms with Gasteiger partial charge in [-0.05, 0) is 73.0 Å². The van der Waals surface area contributed by atoms with Crippen molar-refractivity contribution in [1.82, 2.24) is 9.88 Å². The van der Waals surface area contributed by atoms with E-state index in [9.17, 15) is 18.0 Å². The summed E-state index contributed by atoms with van der Waals surface area (Å²) in [5.41, 5.74) is 2.16. The van der Waals surface area contributed by atoms with Gasteiger partial charge < -0.3 is 15.3 Å². The van der Waals surface area contributed by atoms with Crippen molar-refractivity contribution in [2.24, 2.45) is 0 Å². The Kier molecular flexibility index (Phi) is 10.4. The first-order chi connectivity index (χ1) is 17.3. The van der Waals surface area contributed by atoms with Crippen LogP contribution in [-0.2, 0) is 6.18 Å². The molecule has 6 nitrogen and oxygen atoms in total. The van der Waals surface area contributed by atoms with Crippen LogP contribution in [0, 0.1) is 0 Å². The molecule has 37 heavy (non-hydrogen) atoms. The summed E-state index contributed by atoms with van der Waals surface area (Å²) in [6.07, 6.45) is -0.622. The fraction of sp³-hybridized carbons (Fsp3) is 0.333. The van der Waals surface area contributed by atoms with E-state index < -0.39 is 17.7 Å². The van der Waals surface area contributed by atoms with Gasteiger partial charge in [-0.2, -0.15) is 13.2 Å². The van der Waals surface area contributed by atoms with Gasteiger partial charge in [0, 0.05) is 74.2 Å². The van der Waals surface area contributed by atoms with Crippen LogP contribution in [0.4, 0.5) is 24.7 Å². The fourth-order valence-corrected chi connectivity index (χ4v) is 4.30. The quantitative estimate of drug-likeness (QED) is 0.302. The number of hydrogen-bond donors (Lipinski definition) is 2. The summed E-state index contributed by atoms with van der Waals surface area (Å²) in [5.74, 6) is -0.180. The average molecular weight is 522 g/mol. The molecule has 0 spiro atoms. The van der Waals surface area contributed by atoms with Gasteiger partial charge in [-0.15, -0.1) is 0 Å². The van der Waals surface area contributed by atoms with Crippen LogP contribution in [0.3, 0.4) is 0 Å². The van der Waals surface area contributed by atoms with E-state index in [-0.39, 0.29) is 35.1 Å². The molecule has 1 aromatic heterocycles. The van der Waals surface area contributed by atoms with Crippen molar-refractivity contribution in [3.8, 4) is 11.1 Å². The zero-order valence-electron chi connectivity index (χ0n) is 20.8. The second kappa shape index (κ2) is 13.3. The molecular weight excluding hydrogens is 492 g/mol. The van der Waals surface area contributed by atoms with Gasteiger partial charge in [-0.1, -0.05) is 18.2 Å². The minimum absolute atomic E-state index is 0. The van der Waals surface area contributed by atoms with Crippen LogP contribution in [0.5, 0.6) is 0 Å². The number of hydrogen-bond acceptors (Lipinski definition) is 5. The van der Waals surface area contributed by atoms with E-state index in [0.29, 0.717) is 18.8 Å². The zero-order chi connectivity index (χ0) is 25.5. The van der Waals surface area contributed by atoms with Crippen molar-refractivity contribution < 1.29 is 23.1 Å². The van der Waals surface area contributed by atoms with Gasteiger partial charge in [0.2, 0.25) is 0 Å². The van der Waals surface area contributed by atoms with Gasteiger partial charge in [0.05, 0.1) is 11.1 Å². The summed E-state index contributed by atoms with van der Waals surface area (Å²) in [6.45, 7) is 4.80. The first-order valence-corrected chi connectivity index (χ1v) is 12.0. The predicted octanol–water partition coefficient (Wildman–Crippen LogP) is 5.10. The standard InChI is InChI=1S/C27H29F3N4O2.Na/c28-27(29,30)23-4-3-5-24(19-23)34-16-14-33(15-17-34)13-2-1-11-31-25-18-22(10-12-32-25)20-6-8-21(9-7-20)26(35)36;/h3-10,12,18-19H,1-2,11,13-17H2,(H,31,32)(H,35,36);. The number of carboxylic acid groups (broad SMARTS) is 1. The second-order valence-electron chi connectivity index (χ2n) is 8.82. The SMILES string of the molecule is O=C(O)c1ccc(-c2ccnc(NCCCCN3CCN(c4cccc(C(F)(F)F)c4)CC3)c2)cc1.[Na]. The van der Waals surface area contributed by atoms with Crippen LogP contribution in [0.25, 0.3) is 11.1 Å². The Morgan fingerprint density at radius 3 is 2.35 bits per heavy atom. The van der Waals surface area contributed by atoms with Gasteiger partial charge in [0.25, 0.3) is 0 Å². The maximum atomic E-state index is 13.0. The topological polar surface area (TPSA) is 68.7 Å². The summed E-state index contributed by atoms with van der Waals surface area (Å²) in [6, 6.07) is 16.1. The van der Waals surface area contributed by atoms with Gasteiger partial charge in [0.1, 0.15) is 5.82 Å². The van der Waals surface area contributed by atoms with Crippen molar-refractivity contribution in [2.45, 2.75) is 19.0 Å². The van der Waals surface area contributed by atoms with Crippen molar-refractivity contribution >= 4 is 47.0 Å². The number of carbonyl (C=O) groups is 1. The largest absolute Gasteiger partial charge is 0.478 e. The van der Waals surface area contributed by atoms with E-state index in [4.69, 9.17) is 5.11 Å². The Morgan fingerprint density at radius 1 is 0.946 bits per heavy atom. The Morgan fingerprint density at radius 2 is 1.68 bits per heavy atom. The molecule has 0 saturated carbocycles. The molecule has 10 heteroatoms. The van der Waals surface area contributed by atoms with Crippen molar-refractivity contribution in [3.05, 3.63) is 78.0 Å². The van der Waals surface area contributed by atoms with Crippen LogP contribution in [0.15, 0.2) is 66.9 Å². The zero-order valence-corrected chi connectivity index (χ0v) is 22.8. The van der Waals surface area contributed by atoms with Gasteiger partial charge in [0.15, 0.2) is 0 Å². The molecule has 2 N–H and O–H groups in total. The van der Waals surface area contributed by atoms with Crippen LogP contribution in [0.1, 0.15) is 28.8 Å². The van der Waals surface area contributed by atoms with E-state index in [1.54, 1.807) is 36.5 Å². The van der Waals surface area contributed by atoms with Crippen LogP contribution in [0.2, 0.25) is 0 Å². The predicted molar refractivity (Wildman–Crippen MR) is 140 cm³/mol. The molecule has 191 valence electrons. The molecule has 0 amide bonds. The van der Waals surface area contributed by atoms with E-state index in [1.165, 1.54) is 12.1 Å². The number of carboxylic acids is 1. The molecule has 0 aliphatic carbocycles. The third-order valence-electron chi connectivity index (χ3n) is 6.34. The summed E-state index contributed by atoms with van der Waals surface area (Å²) < 4.78 is 39.0. The first-order valence-electron chi connectivity index (χ1n) is 12.0. The number of pyridine rings is 1. The smallest absolute Gasteiger partial charge is 0.416 e. The summed E-state index contributed by atoms with van der Waals surface area (Å²) in [4.78, 5) is 19.8. The number of nitrogens with zero attached hydrogens (tertiary/aromatic N) is 3. The summed E-state index contributed by atoms with van der Waals surface area (Å²) in [5, 5.41) is 12.4. The molecule has 1 radical (unpaired) electrons. The number of piperazine rings is 1. The minimum Gasteiger partial charge on any atom is -0.478 e. The number of benzene rings is 2. The van der Waals surface area contributed by atoms with Gasteiger partial charge in [-0.3, -0.25) is 4.90 Å². The number of halogens is 3. The number of alkyl halides is 3. The number of aromatic nitrogens is 1. The molecule has 4 rings (SSSR count). The van der Waals surface area contributed by atoms with E-state index in [1.807, 2.05) is 17.0 Å². The van der Waals surface area contributed by atoms with Crippen LogP contribution >= 0.6 is 0 Å². The number of nitrogens with one attached hydrogen (secondary N) is 1. The average Bonchev–Trinajstić information content (AvgIpc) is 2.89. The molecule has 0 atom stereocenters. The maximum Gasteiger partial charge on any atom is 0.416 e. The molecule has 1 saturated heterocycles. The second-order valence-corrected chi connectivity index (χ2v) is 8.82. The molecule has 2 aromatic carbocycles. The summed E-state index contributed by atoms with van der Waals surface area (Å²) >= 11 is 0. The van der Waals surface area contributed by atoms with Crippen molar-refractivity contribution in [2.75, 3.05) is 49.5 Å². The number of anilines is 2. The van der Waals surface area contributed by atoms with Crippen LogP contribution < -0.4 is 10.2 Å². The molecule has 0 bridgehead atoms. The maximum absolute atomic E-state index is 13.0. The Labute approximate surface area is 236 Å². The van der Waals surface area contributed by atoms with Crippen LogP contribution in [-0.4, -0.2) is 89.8 Å². The van der Waals surface area contributed by atoms with Crippen molar-refractivity contribution in [1.29, 1.82) is 0 Å². The van der Waals surface area contributed by atoms with Gasteiger partial charge >= 0.3 is 12.1 Å². The fourth-order valence-electron chi connectivity index (χ4n) is 4.30. The van der Waals surface area contributed by atoms with Gasteiger partial charge in [-0.25, -0.2) is 9.78 Å². The molecule has 1 aliphatic rings. The normalized spacial score (nSPS) is 14.2. The molecule has 1 aliphatic heterocycles. The Hall–Kier alpha value is -2.59. The molecule has 2 heterocycles. The number of unbranched alkanes of at least 4 members (excludes halogenated alkanes) is 1. The van der Waals surface area contributed by atoms with E-state index in [2.05, 4.69) is 15.2 Å². The first kappa shape index (κ1) is 29.0. The monoisotopic (exact) mass is 521 g/mol.